The molecule has 0 aliphatic heterocycles. The van der Waals surface area contributed by atoms with Crippen molar-refractivity contribution in [2.75, 3.05) is 0 Å². The zero-order valence-corrected chi connectivity index (χ0v) is 7.16. The first-order valence-electron chi connectivity index (χ1n) is 3.37. The minimum atomic E-state index is -2.57. The Labute approximate surface area is 71.3 Å². The highest BCUT2D eigenvalue weighted by Crippen LogP contribution is 2.31. The lowest BCUT2D eigenvalue weighted by atomic mass is 10.0. The average Bonchev–Trinajstić information content (AvgIpc) is 1.96. The van der Waals surface area contributed by atoms with Gasteiger partial charge in [-0.15, -0.1) is 0 Å². The van der Waals surface area contributed by atoms with Crippen LogP contribution in [0.15, 0.2) is 22.6 Å². The average molecular weight is 193 g/mol. The van der Waals surface area contributed by atoms with Crippen LogP contribution < -0.4 is 0 Å². The normalized spacial score (nSPS) is 27.0. The molecule has 2 unspecified atom stereocenters. The van der Waals surface area contributed by atoms with Crippen molar-refractivity contribution in [1.82, 2.24) is 0 Å². The lowest BCUT2D eigenvalue weighted by Crippen LogP contribution is -2.08. The molecule has 68 valence electrons. The third-order valence-electron chi connectivity index (χ3n) is 1.69. The number of hydrogen-bond donors (Lipinski definition) is 0. The number of hydrogen-bond acceptors (Lipinski definition) is 2. The Morgan fingerprint density at radius 2 is 2.25 bits per heavy atom. The van der Waals surface area contributed by atoms with E-state index in [0.717, 1.165) is 0 Å². The molecule has 1 rings (SSSR count). The highest BCUT2D eigenvalue weighted by Gasteiger charge is 2.20. The molecule has 0 saturated heterocycles. The SMILES string of the molecule is CC1CC(S(=O)[O-])=C(F)C=C1F. The number of allylic oxidation sites excluding steroid dienone is 4. The Bertz CT molecular complexity index is 283. The van der Waals surface area contributed by atoms with Gasteiger partial charge < -0.3 is 4.55 Å². The van der Waals surface area contributed by atoms with Gasteiger partial charge in [-0.05, 0) is 17.5 Å². The molecule has 2 atom stereocenters. The van der Waals surface area contributed by atoms with Crippen LogP contribution in [0.25, 0.3) is 0 Å². The lowest BCUT2D eigenvalue weighted by Gasteiger charge is -2.19. The third-order valence-corrected chi connectivity index (χ3v) is 2.46. The van der Waals surface area contributed by atoms with Crippen molar-refractivity contribution < 1.29 is 17.5 Å². The van der Waals surface area contributed by atoms with Gasteiger partial charge in [-0.2, -0.15) is 0 Å². The highest BCUT2D eigenvalue weighted by molar-refractivity contribution is 7.83. The highest BCUT2D eigenvalue weighted by atomic mass is 32.2. The fourth-order valence-electron chi connectivity index (χ4n) is 0.965. The molecule has 5 heteroatoms. The minimum Gasteiger partial charge on any atom is -0.769 e. The zero-order chi connectivity index (χ0) is 9.30. The molecule has 0 saturated carbocycles. The molecule has 0 amide bonds. The summed E-state index contributed by atoms with van der Waals surface area (Å²) in [5.41, 5.74) is 0. The molecule has 0 fully saturated rings. The van der Waals surface area contributed by atoms with Crippen LogP contribution in [0.3, 0.4) is 0 Å². The standard InChI is InChI=1S/C7H8F2O2S/c1-4-2-7(12(10)11)6(9)3-5(4)8/h3-4H,2H2,1H3,(H,10,11)/p-1. The van der Waals surface area contributed by atoms with E-state index in [1.807, 2.05) is 0 Å². The van der Waals surface area contributed by atoms with E-state index in [9.17, 15) is 17.5 Å². The maximum Gasteiger partial charge on any atom is 0.136 e. The summed E-state index contributed by atoms with van der Waals surface area (Å²) >= 11 is -2.57. The molecule has 0 radical (unpaired) electrons. The van der Waals surface area contributed by atoms with E-state index in [2.05, 4.69) is 0 Å². The Balaban J connectivity index is 3.01. The number of halogens is 2. The van der Waals surface area contributed by atoms with Gasteiger partial charge in [0.2, 0.25) is 0 Å². The second-order valence-electron chi connectivity index (χ2n) is 2.64. The molecule has 0 aromatic rings. The van der Waals surface area contributed by atoms with Gasteiger partial charge in [-0.1, -0.05) is 6.92 Å². The molecule has 0 bridgehead atoms. The van der Waals surface area contributed by atoms with Gasteiger partial charge in [0.05, 0.1) is 0 Å². The molecule has 0 N–H and O–H groups in total. The van der Waals surface area contributed by atoms with Crippen LogP contribution in [-0.2, 0) is 11.1 Å². The minimum absolute atomic E-state index is 0.0930. The van der Waals surface area contributed by atoms with Crippen molar-refractivity contribution in [2.24, 2.45) is 5.92 Å². The van der Waals surface area contributed by atoms with Gasteiger partial charge >= 0.3 is 0 Å². The van der Waals surface area contributed by atoms with Crippen molar-refractivity contribution in [2.45, 2.75) is 13.3 Å². The van der Waals surface area contributed by atoms with Crippen LogP contribution in [0.5, 0.6) is 0 Å². The Morgan fingerprint density at radius 3 is 2.75 bits per heavy atom. The second kappa shape index (κ2) is 3.45. The molecule has 0 aromatic carbocycles. The number of rotatable bonds is 1. The van der Waals surface area contributed by atoms with Crippen LogP contribution in [-0.4, -0.2) is 8.76 Å². The van der Waals surface area contributed by atoms with Crippen LogP contribution in [0.4, 0.5) is 8.78 Å². The monoisotopic (exact) mass is 193 g/mol. The van der Waals surface area contributed by atoms with Crippen molar-refractivity contribution in [1.29, 1.82) is 0 Å². The summed E-state index contributed by atoms with van der Waals surface area (Å²) < 4.78 is 46.1. The Morgan fingerprint density at radius 1 is 1.67 bits per heavy atom. The molecule has 1 aliphatic carbocycles. The van der Waals surface area contributed by atoms with Gasteiger partial charge in [0.15, 0.2) is 0 Å². The largest absolute Gasteiger partial charge is 0.769 e. The maximum atomic E-state index is 12.7. The molecular formula is C7H7F2O2S-. The summed E-state index contributed by atoms with van der Waals surface area (Å²) in [5, 5.41) is 0. The molecule has 0 spiro atoms. The van der Waals surface area contributed by atoms with Crippen LogP contribution >= 0.6 is 0 Å². The van der Waals surface area contributed by atoms with Crippen molar-refractivity contribution >= 4 is 11.1 Å². The van der Waals surface area contributed by atoms with E-state index in [4.69, 9.17) is 0 Å². The first kappa shape index (κ1) is 9.54. The van der Waals surface area contributed by atoms with E-state index in [1.54, 1.807) is 0 Å². The fraction of sp³-hybridized carbons (Fsp3) is 0.429. The molecule has 0 aromatic heterocycles. The zero-order valence-electron chi connectivity index (χ0n) is 6.34. The quantitative estimate of drug-likeness (QED) is 0.597. The summed E-state index contributed by atoms with van der Waals surface area (Å²) in [7, 11) is 0. The lowest BCUT2D eigenvalue weighted by molar-refractivity contribution is 0.464. The van der Waals surface area contributed by atoms with Crippen LogP contribution in [0, 0.1) is 5.92 Å². The molecule has 2 nitrogen and oxygen atoms in total. The molecular weight excluding hydrogens is 186 g/mol. The molecule has 1 aliphatic rings. The van der Waals surface area contributed by atoms with E-state index >= 15 is 0 Å². The van der Waals surface area contributed by atoms with Gasteiger partial charge in [-0.3, -0.25) is 4.21 Å². The maximum absolute atomic E-state index is 12.7. The van der Waals surface area contributed by atoms with Gasteiger partial charge in [-0.25, -0.2) is 8.78 Å². The summed E-state index contributed by atoms with van der Waals surface area (Å²) in [6, 6.07) is 0. The molecule has 12 heavy (non-hydrogen) atoms. The first-order valence-corrected chi connectivity index (χ1v) is 4.45. The van der Waals surface area contributed by atoms with E-state index in [0.29, 0.717) is 6.08 Å². The van der Waals surface area contributed by atoms with Crippen LogP contribution in [0.2, 0.25) is 0 Å². The summed E-state index contributed by atoms with van der Waals surface area (Å²) in [6.45, 7) is 1.51. The topological polar surface area (TPSA) is 40.1 Å². The first-order chi connectivity index (χ1) is 5.52. The van der Waals surface area contributed by atoms with E-state index in [1.165, 1.54) is 6.92 Å². The van der Waals surface area contributed by atoms with Gasteiger partial charge in [0.1, 0.15) is 11.7 Å². The second-order valence-corrected chi connectivity index (χ2v) is 3.60. The predicted octanol–water partition coefficient (Wildman–Crippen LogP) is 1.94. The van der Waals surface area contributed by atoms with Crippen LogP contribution in [0.1, 0.15) is 13.3 Å². The Hall–Kier alpha value is -0.550. The molecule has 0 heterocycles. The fourth-order valence-corrected chi connectivity index (χ4v) is 1.57. The third kappa shape index (κ3) is 1.78. The summed E-state index contributed by atoms with van der Waals surface area (Å²) in [4.78, 5) is -0.344. The smallest absolute Gasteiger partial charge is 0.136 e. The van der Waals surface area contributed by atoms with Crippen molar-refractivity contribution in [3.05, 3.63) is 22.6 Å². The summed E-state index contributed by atoms with van der Waals surface area (Å²) in [5.74, 6) is -2.14. The summed E-state index contributed by atoms with van der Waals surface area (Å²) in [6.07, 6.45) is 0.531. The Kier molecular flexibility index (Phi) is 2.74. The van der Waals surface area contributed by atoms with E-state index < -0.39 is 28.7 Å². The van der Waals surface area contributed by atoms with Crippen molar-refractivity contribution in [3.8, 4) is 0 Å². The van der Waals surface area contributed by atoms with Gasteiger partial charge in [0, 0.05) is 16.9 Å². The van der Waals surface area contributed by atoms with Gasteiger partial charge in [0.25, 0.3) is 0 Å². The van der Waals surface area contributed by atoms with Crippen molar-refractivity contribution in [3.63, 3.8) is 0 Å². The van der Waals surface area contributed by atoms with E-state index in [-0.39, 0.29) is 11.3 Å². The predicted molar refractivity (Wildman–Crippen MR) is 40.0 cm³/mol.